The molecule has 106 valence electrons. The second kappa shape index (κ2) is 6.29. The van der Waals surface area contributed by atoms with E-state index in [4.69, 9.17) is 5.11 Å². The van der Waals surface area contributed by atoms with E-state index in [1.807, 2.05) is 0 Å². The summed E-state index contributed by atoms with van der Waals surface area (Å²) in [6, 6.07) is 1.25. The van der Waals surface area contributed by atoms with Crippen LogP contribution in [-0.4, -0.2) is 30.3 Å². The molecule has 0 aromatic carbocycles. The lowest BCUT2D eigenvalue weighted by Gasteiger charge is -2.17. The average molecular weight is 291 g/mol. The second-order valence-electron chi connectivity index (χ2n) is 4.42. The first-order chi connectivity index (χ1) is 9.11. The summed E-state index contributed by atoms with van der Waals surface area (Å²) in [5.74, 6) is -0.137. The number of carbonyl (C=O) groups excluding carboxylic acids is 1. The lowest BCUT2D eigenvalue weighted by Crippen LogP contribution is -2.37. The van der Waals surface area contributed by atoms with E-state index >= 15 is 0 Å². The third-order valence-corrected chi connectivity index (χ3v) is 3.89. The zero-order valence-electron chi connectivity index (χ0n) is 10.1. The van der Waals surface area contributed by atoms with Crippen molar-refractivity contribution in [2.24, 2.45) is 5.92 Å². The van der Waals surface area contributed by atoms with Gasteiger partial charge in [-0.15, -0.1) is 11.3 Å². The maximum absolute atomic E-state index is 12.2. The first-order valence-corrected chi connectivity index (χ1v) is 6.93. The number of ether oxygens (including phenoxy) is 1. The van der Waals surface area contributed by atoms with Crippen molar-refractivity contribution in [2.45, 2.75) is 31.9 Å². The summed E-state index contributed by atoms with van der Waals surface area (Å²) in [5, 5.41) is 13.3. The smallest absolute Gasteiger partial charge is 0.387 e. The van der Waals surface area contributed by atoms with Crippen LogP contribution in [0.15, 0.2) is 11.4 Å². The second-order valence-corrected chi connectivity index (χ2v) is 5.34. The fourth-order valence-corrected chi connectivity index (χ4v) is 2.68. The zero-order valence-corrected chi connectivity index (χ0v) is 11.0. The van der Waals surface area contributed by atoms with Crippen molar-refractivity contribution in [1.29, 1.82) is 0 Å². The van der Waals surface area contributed by atoms with Gasteiger partial charge in [0.25, 0.3) is 5.91 Å². The Hall–Kier alpha value is -1.21. The first kappa shape index (κ1) is 14.2. The summed E-state index contributed by atoms with van der Waals surface area (Å²) in [4.78, 5) is 12.2. The molecule has 0 radical (unpaired) electrons. The van der Waals surface area contributed by atoms with Gasteiger partial charge in [0.1, 0.15) is 10.6 Å². The van der Waals surface area contributed by atoms with Crippen molar-refractivity contribution in [3.63, 3.8) is 0 Å². The van der Waals surface area contributed by atoms with Crippen LogP contribution in [0.25, 0.3) is 0 Å². The molecule has 1 unspecified atom stereocenters. The van der Waals surface area contributed by atoms with E-state index in [0.29, 0.717) is 12.3 Å². The largest absolute Gasteiger partial charge is 0.433 e. The van der Waals surface area contributed by atoms with Crippen LogP contribution in [0.4, 0.5) is 8.78 Å². The quantitative estimate of drug-likeness (QED) is 0.810. The molecule has 2 N–H and O–H groups in total. The maximum atomic E-state index is 12.2. The Morgan fingerprint density at radius 2 is 2.32 bits per heavy atom. The van der Waals surface area contributed by atoms with E-state index < -0.39 is 12.5 Å². The highest BCUT2D eigenvalue weighted by atomic mass is 32.1. The van der Waals surface area contributed by atoms with E-state index in [-0.39, 0.29) is 23.3 Å². The molecule has 0 bridgehead atoms. The van der Waals surface area contributed by atoms with Gasteiger partial charge in [0, 0.05) is 12.6 Å². The van der Waals surface area contributed by atoms with Crippen LogP contribution in [0.3, 0.4) is 0 Å². The number of aliphatic hydroxyl groups is 1. The molecule has 0 aliphatic heterocycles. The van der Waals surface area contributed by atoms with Crippen molar-refractivity contribution >= 4 is 17.2 Å². The molecule has 1 aliphatic rings. The lowest BCUT2D eigenvalue weighted by atomic mass is 10.1. The first-order valence-electron chi connectivity index (χ1n) is 6.06. The number of halogens is 2. The summed E-state index contributed by atoms with van der Waals surface area (Å²) in [7, 11) is 0. The summed E-state index contributed by atoms with van der Waals surface area (Å²) in [5.41, 5.74) is 0. The number of carbonyl (C=O) groups is 1. The van der Waals surface area contributed by atoms with Crippen LogP contribution in [0, 0.1) is 5.92 Å². The molecular formula is C12H15F2NO3S. The molecule has 2 rings (SSSR count). The summed E-state index contributed by atoms with van der Waals surface area (Å²) in [6.45, 7) is -2.95. The van der Waals surface area contributed by atoms with Gasteiger partial charge in [-0.3, -0.25) is 4.79 Å². The van der Waals surface area contributed by atoms with Crippen molar-refractivity contribution < 1.29 is 23.4 Å². The number of nitrogens with one attached hydrogen (secondary N) is 1. The van der Waals surface area contributed by atoms with E-state index in [2.05, 4.69) is 10.1 Å². The highest BCUT2D eigenvalue weighted by molar-refractivity contribution is 7.12. The standard InChI is InChI=1S/C12H15F2NO3S/c13-12(14)18-9-4-6-19-10(9)11(17)15-8(3-5-16)7-1-2-7/h4,6-8,12,16H,1-3,5H2,(H,15,17). The molecule has 1 atom stereocenters. The molecule has 1 saturated carbocycles. The Kier molecular flexibility index (Phi) is 4.71. The van der Waals surface area contributed by atoms with Gasteiger partial charge in [0.15, 0.2) is 0 Å². The molecule has 1 aliphatic carbocycles. The van der Waals surface area contributed by atoms with Crippen molar-refractivity contribution in [1.82, 2.24) is 5.32 Å². The van der Waals surface area contributed by atoms with Gasteiger partial charge in [-0.25, -0.2) is 0 Å². The number of hydrogen-bond acceptors (Lipinski definition) is 4. The minimum absolute atomic E-state index is 0.00766. The monoisotopic (exact) mass is 291 g/mol. The van der Waals surface area contributed by atoms with E-state index in [0.717, 1.165) is 24.2 Å². The predicted octanol–water partition coefficient (Wildman–Crippen LogP) is 2.24. The van der Waals surface area contributed by atoms with Gasteiger partial charge in [0.2, 0.25) is 0 Å². The lowest BCUT2D eigenvalue weighted by molar-refractivity contribution is -0.0498. The molecule has 1 aromatic heterocycles. The molecular weight excluding hydrogens is 276 g/mol. The third kappa shape index (κ3) is 3.87. The van der Waals surface area contributed by atoms with Crippen LogP contribution >= 0.6 is 11.3 Å². The molecule has 7 heteroatoms. The van der Waals surface area contributed by atoms with Gasteiger partial charge in [0.05, 0.1) is 0 Å². The van der Waals surface area contributed by atoms with Gasteiger partial charge in [-0.2, -0.15) is 8.78 Å². The fourth-order valence-electron chi connectivity index (χ4n) is 1.95. The Labute approximate surface area is 113 Å². The Bertz CT molecular complexity index is 434. The molecule has 1 amide bonds. The number of hydrogen-bond donors (Lipinski definition) is 2. The van der Waals surface area contributed by atoms with Gasteiger partial charge in [-0.05, 0) is 36.6 Å². The topological polar surface area (TPSA) is 58.6 Å². The van der Waals surface area contributed by atoms with E-state index in [1.54, 1.807) is 0 Å². The SMILES string of the molecule is O=C(NC(CCO)C1CC1)c1sccc1OC(F)F. The van der Waals surface area contributed by atoms with Crippen LogP contribution in [-0.2, 0) is 0 Å². The molecule has 0 saturated heterocycles. The summed E-state index contributed by atoms with van der Waals surface area (Å²) < 4.78 is 28.7. The maximum Gasteiger partial charge on any atom is 0.387 e. The van der Waals surface area contributed by atoms with Gasteiger partial charge < -0.3 is 15.2 Å². The minimum Gasteiger partial charge on any atom is -0.433 e. The van der Waals surface area contributed by atoms with E-state index in [9.17, 15) is 13.6 Å². The van der Waals surface area contributed by atoms with Gasteiger partial charge >= 0.3 is 6.61 Å². The molecule has 19 heavy (non-hydrogen) atoms. The van der Waals surface area contributed by atoms with E-state index in [1.165, 1.54) is 11.4 Å². The third-order valence-electron chi connectivity index (χ3n) is 3.00. The predicted molar refractivity (Wildman–Crippen MR) is 66.6 cm³/mol. The van der Waals surface area contributed by atoms with Crippen LogP contribution < -0.4 is 10.1 Å². The Morgan fingerprint density at radius 3 is 2.89 bits per heavy atom. The highest BCUT2D eigenvalue weighted by Gasteiger charge is 2.32. The van der Waals surface area contributed by atoms with Crippen molar-refractivity contribution in [2.75, 3.05) is 6.61 Å². The summed E-state index contributed by atoms with van der Waals surface area (Å²) in [6.07, 6.45) is 2.53. The Balaban J connectivity index is 2.00. The molecule has 0 spiro atoms. The number of rotatable bonds is 7. The normalized spacial score (nSPS) is 16.4. The van der Waals surface area contributed by atoms with Gasteiger partial charge in [-0.1, -0.05) is 0 Å². The molecule has 1 fully saturated rings. The summed E-state index contributed by atoms with van der Waals surface area (Å²) >= 11 is 1.06. The van der Waals surface area contributed by atoms with Crippen LogP contribution in [0.1, 0.15) is 28.9 Å². The van der Waals surface area contributed by atoms with Crippen molar-refractivity contribution in [3.05, 3.63) is 16.3 Å². The highest BCUT2D eigenvalue weighted by Crippen LogP contribution is 2.34. The Morgan fingerprint density at radius 1 is 1.58 bits per heavy atom. The molecule has 4 nitrogen and oxygen atoms in total. The number of thiophene rings is 1. The average Bonchev–Trinajstić information content (AvgIpc) is 3.09. The minimum atomic E-state index is -2.95. The molecule has 1 heterocycles. The van der Waals surface area contributed by atoms with Crippen LogP contribution in [0.5, 0.6) is 5.75 Å². The number of aliphatic hydroxyl groups excluding tert-OH is 1. The van der Waals surface area contributed by atoms with Crippen molar-refractivity contribution in [3.8, 4) is 5.75 Å². The number of amides is 1. The zero-order chi connectivity index (χ0) is 13.8. The number of alkyl halides is 2. The molecule has 1 aromatic rings. The fraction of sp³-hybridized carbons (Fsp3) is 0.583. The van der Waals surface area contributed by atoms with Crippen LogP contribution in [0.2, 0.25) is 0 Å².